The molecule has 2 N–H and O–H groups in total. The minimum atomic E-state index is -0.0412. The maximum Gasteiger partial charge on any atom is 0.314 e. The van der Waals surface area contributed by atoms with E-state index in [1.54, 1.807) is 0 Å². The summed E-state index contributed by atoms with van der Waals surface area (Å²) < 4.78 is 0. The Morgan fingerprint density at radius 2 is 2.20 bits per heavy atom. The fourth-order valence-electron chi connectivity index (χ4n) is 1.96. The van der Waals surface area contributed by atoms with E-state index in [9.17, 15) is 4.79 Å². The highest BCUT2D eigenvalue weighted by molar-refractivity contribution is 5.73. The van der Waals surface area contributed by atoms with Crippen molar-refractivity contribution in [3.8, 4) is 0 Å². The summed E-state index contributed by atoms with van der Waals surface area (Å²) in [6, 6.07) is 0.583. The fraction of sp³-hybridized carbons (Fsp3) is 0.909. The number of nitrogens with one attached hydrogen (secondary N) is 2. The van der Waals surface area contributed by atoms with Crippen molar-refractivity contribution in [2.24, 2.45) is 5.92 Å². The Labute approximate surface area is 92.4 Å². The third kappa shape index (κ3) is 4.08. The third-order valence-electron chi connectivity index (χ3n) is 2.94. The van der Waals surface area contributed by atoms with Gasteiger partial charge in [0, 0.05) is 25.7 Å². The molecule has 1 rings (SSSR count). The minimum absolute atomic E-state index is 0.0412. The highest BCUT2D eigenvalue weighted by Gasteiger charge is 2.24. The smallest absolute Gasteiger partial charge is 0.314 e. The SMILES string of the molecule is CCNC(=O)NCC1CCN(C(C)C)C1. The number of nitrogens with zero attached hydrogens (tertiary/aromatic N) is 1. The second-order valence-corrected chi connectivity index (χ2v) is 4.48. The molecule has 0 radical (unpaired) electrons. The van der Waals surface area contributed by atoms with Crippen molar-refractivity contribution in [3.05, 3.63) is 0 Å². The van der Waals surface area contributed by atoms with Crippen LogP contribution in [0.25, 0.3) is 0 Å². The van der Waals surface area contributed by atoms with Crippen molar-refractivity contribution < 1.29 is 4.79 Å². The lowest BCUT2D eigenvalue weighted by molar-refractivity contribution is 0.237. The Morgan fingerprint density at radius 3 is 2.73 bits per heavy atom. The van der Waals surface area contributed by atoms with Crippen LogP contribution in [0.5, 0.6) is 0 Å². The first kappa shape index (κ1) is 12.3. The van der Waals surface area contributed by atoms with Crippen molar-refractivity contribution in [2.75, 3.05) is 26.2 Å². The summed E-state index contributed by atoms with van der Waals surface area (Å²) in [5.74, 6) is 0.620. The van der Waals surface area contributed by atoms with Crippen LogP contribution in [-0.4, -0.2) is 43.2 Å². The van der Waals surface area contributed by atoms with Gasteiger partial charge in [0.2, 0.25) is 0 Å². The van der Waals surface area contributed by atoms with Crippen LogP contribution in [0, 0.1) is 5.92 Å². The Kier molecular flexibility index (Phi) is 4.88. The molecule has 0 bridgehead atoms. The Bertz CT molecular complexity index is 206. The van der Waals surface area contributed by atoms with Crippen LogP contribution in [-0.2, 0) is 0 Å². The molecule has 1 aliphatic heterocycles. The molecular formula is C11H23N3O. The molecule has 4 heteroatoms. The zero-order chi connectivity index (χ0) is 11.3. The second kappa shape index (κ2) is 5.95. The van der Waals surface area contributed by atoms with Gasteiger partial charge in [-0.3, -0.25) is 0 Å². The van der Waals surface area contributed by atoms with E-state index < -0.39 is 0 Å². The molecule has 0 spiro atoms. The first-order valence-corrected chi connectivity index (χ1v) is 5.89. The molecule has 0 aromatic rings. The van der Waals surface area contributed by atoms with E-state index in [0.29, 0.717) is 18.5 Å². The van der Waals surface area contributed by atoms with E-state index in [1.165, 1.54) is 13.0 Å². The lowest BCUT2D eigenvalue weighted by atomic mass is 10.1. The van der Waals surface area contributed by atoms with Crippen LogP contribution in [0.4, 0.5) is 4.79 Å². The van der Waals surface area contributed by atoms with Gasteiger partial charge < -0.3 is 15.5 Å². The predicted octanol–water partition coefficient (Wildman–Crippen LogP) is 1.04. The van der Waals surface area contributed by atoms with E-state index in [-0.39, 0.29) is 6.03 Å². The average molecular weight is 213 g/mol. The van der Waals surface area contributed by atoms with Crippen molar-refractivity contribution in [1.82, 2.24) is 15.5 Å². The monoisotopic (exact) mass is 213 g/mol. The maximum absolute atomic E-state index is 11.2. The number of likely N-dealkylation sites (tertiary alicyclic amines) is 1. The van der Waals surface area contributed by atoms with E-state index in [2.05, 4.69) is 29.4 Å². The zero-order valence-corrected chi connectivity index (χ0v) is 10.0. The Balaban J connectivity index is 2.16. The molecule has 1 aliphatic rings. The number of carbonyl (C=O) groups excluding carboxylic acids is 1. The molecule has 1 unspecified atom stereocenters. The molecular weight excluding hydrogens is 190 g/mol. The molecule has 0 aromatic heterocycles. The molecule has 1 heterocycles. The lowest BCUT2D eigenvalue weighted by Crippen LogP contribution is -2.39. The van der Waals surface area contributed by atoms with Crippen LogP contribution >= 0.6 is 0 Å². The van der Waals surface area contributed by atoms with E-state index in [0.717, 1.165) is 13.1 Å². The Hall–Kier alpha value is -0.770. The van der Waals surface area contributed by atoms with Crippen LogP contribution in [0.1, 0.15) is 27.2 Å². The quantitative estimate of drug-likeness (QED) is 0.733. The van der Waals surface area contributed by atoms with Crippen molar-refractivity contribution in [2.45, 2.75) is 33.2 Å². The van der Waals surface area contributed by atoms with Gasteiger partial charge in [-0.25, -0.2) is 4.79 Å². The van der Waals surface area contributed by atoms with Gasteiger partial charge in [-0.2, -0.15) is 0 Å². The Morgan fingerprint density at radius 1 is 1.47 bits per heavy atom. The largest absolute Gasteiger partial charge is 0.338 e. The summed E-state index contributed by atoms with van der Waals surface area (Å²) in [6.45, 7) is 10.1. The average Bonchev–Trinajstić information content (AvgIpc) is 2.63. The number of hydrogen-bond acceptors (Lipinski definition) is 2. The van der Waals surface area contributed by atoms with Crippen LogP contribution in [0.3, 0.4) is 0 Å². The van der Waals surface area contributed by atoms with Crippen molar-refractivity contribution in [1.29, 1.82) is 0 Å². The summed E-state index contributed by atoms with van der Waals surface area (Å²) in [7, 11) is 0. The van der Waals surface area contributed by atoms with Gasteiger partial charge in [0.15, 0.2) is 0 Å². The molecule has 0 saturated carbocycles. The third-order valence-corrected chi connectivity index (χ3v) is 2.94. The van der Waals surface area contributed by atoms with Gasteiger partial charge in [-0.05, 0) is 39.7 Å². The molecule has 0 aromatic carbocycles. The molecule has 1 saturated heterocycles. The van der Waals surface area contributed by atoms with Gasteiger partial charge in [-0.1, -0.05) is 0 Å². The summed E-state index contributed by atoms with van der Waals surface area (Å²) >= 11 is 0. The van der Waals surface area contributed by atoms with Crippen molar-refractivity contribution >= 4 is 6.03 Å². The molecule has 1 fully saturated rings. The predicted molar refractivity (Wildman–Crippen MR) is 61.9 cm³/mol. The van der Waals surface area contributed by atoms with E-state index >= 15 is 0 Å². The van der Waals surface area contributed by atoms with Gasteiger partial charge in [0.1, 0.15) is 0 Å². The van der Waals surface area contributed by atoms with E-state index in [1.807, 2.05) is 6.92 Å². The maximum atomic E-state index is 11.2. The van der Waals surface area contributed by atoms with Gasteiger partial charge in [0.25, 0.3) is 0 Å². The van der Waals surface area contributed by atoms with Gasteiger partial charge in [0.05, 0.1) is 0 Å². The number of carbonyl (C=O) groups is 1. The van der Waals surface area contributed by atoms with Crippen molar-refractivity contribution in [3.63, 3.8) is 0 Å². The van der Waals surface area contributed by atoms with Gasteiger partial charge in [-0.15, -0.1) is 0 Å². The van der Waals surface area contributed by atoms with Crippen LogP contribution < -0.4 is 10.6 Å². The minimum Gasteiger partial charge on any atom is -0.338 e. The van der Waals surface area contributed by atoms with E-state index in [4.69, 9.17) is 0 Å². The summed E-state index contributed by atoms with van der Waals surface area (Å²) in [6.07, 6.45) is 1.20. The number of urea groups is 1. The standard InChI is InChI=1S/C11H23N3O/c1-4-12-11(15)13-7-10-5-6-14(8-10)9(2)3/h9-10H,4-8H2,1-3H3,(H2,12,13,15). The highest BCUT2D eigenvalue weighted by atomic mass is 16.2. The molecule has 4 nitrogen and oxygen atoms in total. The van der Waals surface area contributed by atoms with Gasteiger partial charge >= 0.3 is 6.03 Å². The second-order valence-electron chi connectivity index (χ2n) is 4.48. The zero-order valence-electron chi connectivity index (χ0n) is 10.0. The normalized spacial score (nSPS) is 22.0. The van der Waals surface area contributed by atoms with Crippen LogP contribution in [0.15, 0.2) is 0 Å². The van der Waals surface area contributed by atoms with Crippen LogP contribution in [0.2, 0.25) is 0 Å². The molecule has 15 heavy (non-hydrogen) atoms. The summed E-state index contributed by atoms with van der Waals surface area (Å²) in [5.41, 5.74) is 0. The lowest BCUT2D eigenvalue weighted by Gasteiger charge is -2.20. The molecule has 88 valence electrons. The number of amides is 2. The number of rotatable bonds is 4. The summed E-state index contributed by atoms with van der Waals surface area (Å²) in [4.78, 5) is 13.6. The summed E-state index contributed by atoms with van der Waals surface area (Å²) in [5, 5.41) is 5.65. The number of hydrogen-bond donors (Lipinski definition) is 2. The highest BCUT2D eigenvalue weighted by Crippen LogP contribution is 2.17. The molecule has 2 amide bonds. The first-order chi connectivity index (χ1) is 7.13. The fourth-order valence-corrected chi connectivity index (χ4v) is 1.96. The topological polar surface area (TPSA) is 44.4 Å². The molecule has 0 aliphatic carbocycles. The first-order valence-electron chi connectivity index (χ1n) is 5.89. The molecule has 1 atom stereocenters.